The van der Waals surface area contributed by atoms with Crippen LogP contribution < -0.4 is 0 Å². The van der Waals surface area contributed by atoms with E-state index in [1.807, 2.05) is 13.8 Å². The molecule has 18 heavy (non-hydrogen) atoms. The fraction of sp³-hybridized carbons (Fsp3) is 0.333. The Morgan fingerprint density at radius 1 is 0.833 bits per heavy atom. The Morgan fingerprint density at radius 2 is 1.50 bits per heavy atom. The van der Waals surface area contributed by atoms with Crippen LogP contribution in [0.15, 0.2) is 53.6 Å². The van der Waals surface area contributed by atoms with Crippen molar-refractivity contribution in [2.45, 2.75) is 40.5 Å². The van der Waals surface area contributed by atoms with E-state index in [4.69, 9.17) is 0 Å². The third-order valence-electron chi connectivity index (χ3n) is 2.96. The normalized spacial score (nSPS) is 14.7. The second-order valence-corrected chi connectivity index (χ2v) is 4.50. The average molecular weight is 240 g/mol. The second-order valence-electron chi connectivity index (χ2n) is 4.50. The highest BCUT2D eigenvalue weighted by molar-refractivity contribution is 5.54. The second kappa shape index (κ2) is 7.71. The van der Waals surface area contributed by atoms with Crippen molar-refractivity contribution in [3.8, 4) is 0 Å². The molecule has 1 aliphatic carbocycles. The highest BCUT2D eigenvalue weighted by atomic mass is 14.0. The van der Waals surface area contributed by atoms with Crippen LogP contribution in [-0.4, -0.2) is 0 Å². The van der Waals surface area contributed by atoms with Crippen molar-refractivity contribution >= 4 is 6.08 Å². The van der Waals surface area contributed by atoms with Gasteiger partial charge in [0.05, 0.1) is 0 Å². The smallest absolute Gasteiger partial charge is 0.0241 e. The first-order chi connectivity index (χ1) is 8.74. The van der Waals surface area contributed by atoms with Crippen LogP contribution >= 0.6 is 0 Å². The molecule has 1 aromatic carbocycles. The molecule has 0 bridgehead atoms. The number of rotatable bonds is 2. The van der Waals surface area contributed by atoms with Gasteiger partial charge in [0, 0.05) is 0 Å². The molecule has 0 heteroatoms. The van der Waals surface area contributed by atoms with Crippen LogP contribution in [0.3, 0.4) is 0 Å². The molecule has 0 aliphatic heterocycles. The standard InChI is InChI=1S/C16H18.C2H6/c1-13-3-7-15(8-4-13)11-12-16-9-5-14(2)6-10-16;1-2/h3-5,7-9,11-12H,6,10H2,1-2H3;1-2H3/b12-11+;. The van der Waals surface area contributed by atoms with E-state index in [1.54, 1.807) is 0 Å². The molecular formula is C18H24. The van der Waals surface area contributed by atoms with Gasteiger partial charge in [-0.05, 0) is 37.8 Å². The summed E-state index contributed by atoms with van der Waals surface area (Å²) in [6.45, 7) is 8.31. The summed E-state index contributed by atoms with van der Waals surface area (Å²) >= 11 is 0. The average Bonchev–Trinajstić information content (AvgIpc) is 2.42. The number of hydrogen-bond acceptors (Lipinski definition) is 0. The molecule has 0 saturated heterocycles. The summed E-state index contributed by atoms with van der Waals surface area (Å²) in [5.41, 5.74) is 5.49. The van der Waals surface area contributed by atoms with E-state index >= 15 is 0 Å². The van der Waals surface area contributed by atoms with Crippen molar-refractivity contribution in [3.05, 3.63) is 64.8 Å². The minimum absolute atomic E-state index is 1.17. The highest BCUT2D eigenvalue weighted by Crippen LogP contribution is 2.19. The summed E-state index contributed by atoms with van der Waals surface area (Å²) in [6, 6.07) is 8.63. The third kappa shape index (κ3) is 4.75. The first-order valence-corrected chi connectivity index (χ1v) is 6.85. The molecule has 2 rings (SSSR count). The summed E-state index contributed by atoms with van der Waals surface area (Å²) in [7, 11) is 0. The number of benzene rings is 1. The summed E-state index contributed by atoms with van der Waals surface area (Å²) in [4.78, 5) is 0. The molecule has 0 amide bonds. The van der Waals surface area contributed by atoms with Gasteiger partial charge in [-0.3, -0.25) is 0 Å². The molecule has 0 N–H and O–H groups in total. The molecule has 0 nitrogen and oxygen atoms in total. The van der Waals surface area contributed by atoms with Crippen molar-refractivity contribution in [1.29, 1.82) is 0 Å². The predicted octanol–water partition coefficient (Wildman–Crippen LogP) is 5.70. The quantitative estimate of drug-likeness (QED) is 0.622. The van der Waals surface area contributed by atoms with Crippen molar-refractivity contribution in [3.63, 3.8) is 0 Å². The lowest BCUT2D eigenvalue weighted by Gasteiger charge is -2.07. The van der Waals surface area contributed by atoms with Gasteiger partial charge in [-0.15, -0.1) is 0 Å². The molecule has 0 atom stereocenters. The van der Waals surface area contributed by atoms with E-state index in [0.717, 1.165) is 0 Å². The lowest BCUT2D eigenvalue weighted by Crippen LogP contribution is -1.87. The Hall–Kier alpha value is -1.56. The Balaban J connectivity index is 0.000000771. The maximum absolute atomic E-state index is 2.23. The third-order valence-corrected chi connectivity index (χ3v) is 2.96. The van der Waals surface area contributed by atoms with Gasteiger partial charge in [0.25, 0.3) is 0 Å². The predicted molar refractivity (Wildman–Crippen MR) is 82.6 cm³/mol. The maximum atomic E-state index is 2.23. The summed E-state index contributed by atoms with van der Waals surface area (Å²) in [5, 5.41) is 0. The van der Waals surface area contributed by atoms with Crippen LogP contribution in [-0.2, 0) is 0 Å². The van der Waals surface area contributed by atoms with E-state index in [1.165, 1.54) is 35.1 Å². The summed E-state index contributed by atoms with van der Waals surface area (Å²) in [5.74, 6) is 0. The van der Waals surface area contributed by atoms with Crippen LogP contribution in [0, 0.1) is 6.92 Å². The Bertz CT molecular complexity index is 441. The molecule has 0 fully saturated rings. The van der Waals surface area contributed by atoms with Gasteiger partial charge in [-0.1, -0.05) is 73.6 Å². The Labute approximate surface area is 112 Å². The van der Waals surface area contributed by atoms with Gasteiger partial charge in [0.2, 0.25) is 0 Å². The Morgan fingerprint density at radius 3 is 2.06 bits per heavy atom. The van der Waals surface area contributed by atoms with Gasteiger partial charge in [-0.25, -0.2) is 0 Å². The zero-order valence-corrected chi connectivity index (χ0v) is 12.0. The molecule has 96 valence electrons. The fourth-order valence-electron chi connectivity index (χ4n) is 1.78. The van der Waals surface area contributed by atoms with Crippen LogP contribution in [0.5, 0.6) is 0 Å². The monoisotopic (exact) mass is 240 g/mol. The van der Waals surface area contributed by atoms with Crippen molar-refractivity contribution in [1.82, 2.24) is 0 Å². The lowest BCUT2D eigenvalue weighted by atomic mass is 9.98. The molecular weight excluding hydrogens is 216 g/mol. The lowest BCUT2D eigenvalue weighted by molar-refractivity contribution is 0.928. The van der Waals surface area contributed by atoms with Crippen molar-refractivity contribution < 1.29 is 0 Å². The summed E-state index contributed by atoms with van der Waals surface area (Å²) < 4.78 is 0. The number of allylic oxidation sites excluding steroid dienone is 5. The summed E-state index contributed by atoms with van der Waals surface area (Å²) in [6.07, 6.45) is 11.2. The zero-order valence-electron chi connectivity index (χ0n) is 12.0. The van der Waals surface area contributed by atoms with Crippen LogP contribution in [0.2, 0.25) is 0 Å². The van der Waals surface area contributed by atoms with Crippen LogP contribution in [0.4, 0.5) is 0 Å². The topological polar surface area (TPSA) is 0 Å². The molecule has 0 heterocycles. The SMILES string of the molecule is CC.CC1=CC=C(/C=C/c2ccc(C)cc2)CC1. The van der Waals surface area contributed by atoms with Crippen LogP contribution in [0.25, 0.3) is 6.08 Å². The Kier molecular flexibility index (Phi) is 6.21. The fourth-order valence-corrected chi connectivity index (χ4v) is 1.78. The number of hydrogen-bond donors (Lipinski definition) is 0. The first-order valence-electron chi connectivity index (χ1n) is 6.85. The molecule has 1 aromatic rings. The van der Waals surface area contributed by atoms with E-state index in [9.17, 15) is 0 Å². The minimum Gasteiger partial charge on any atom is -0.0730 e. The largest absolute Gasteiger partial charge is 0.0730 e. The van der Waals surface area contributed by atoms with Crippen molar-refractivity contribution in [2.24, 2.45) is 0 Å². The van der Waals surface area contributed by atoms with E-state index in [0.29, 0.717) is 0 Å². The van der Waals surface area contributed by atoms with Crippen LogP contribution in [0.1, 0.15) is 44.7 Å². The zero-order chi connectivity index (χ0) is 13.4. The maximum Gasteiger partial charge on any atom is -0.0241 e. The molecule has 0 radical (unpaired) electrons. The van der Waals surface area contributed by atoms with Gasteiger partial charge in [-0.2, -0.15) is 0 Å². The molecule has 0 aromatic heterocycles. The molecule has 0 spiro atoms. The van der Waals surface area contributed by atoms with Gasteiger partial charge in [0.15, 0.2) is 0 Å². The van der Waals surface area contributed by atoms with E-state index in [2.05, 4.69) is 62.4 Å². The molecule has 1 aliphatic rings. The minimum atomic E-state index is 1.17. The van der Waals surface area contributed by atoms with Gasteiger partial charge in [0.1, 0.15) is 0 Å². The van der Waals surface area contributed by atoms with Crippen molar-refractivity contribution in [2.75, 3.05) is 0 Å². The van der Waals surface area contributed by atoms with E-state index < -0.39 is 0 Å². The van der Waals surface area contributed by atoms with E-state index in [-0.39, 0.29) is 0 Å². The molecule has 0 saturated carbocycles. The van der Waals surface area contributed by atoms with Gasteiger partial charge >= 0.3 is 0 Å². The first kappa shape index (κ1) is 14.5. The number of aryl methyl sites for hydroxylation is 1. The highest BCUT2D eigenvalue weighted by Gasteiger charge is 1.99. The van der Waals surface area contributed by atoms with Gasteiger partial charge < -0.3 is 0 Å². The molecule has 0 unspecified atom stereocenters.